The second-order valence-corrected chi connectivity index (χ2v) is 4.92. The summed E-state index contributed by atoms with van der Waals surface area (Å²) in [7, 11) is 1.67. The van der Waals surface area contributed by atoms with Gasteiger partial charge in [-0.25, -0.2) is 4.39 Å². The molecule has 3 N–H and O–H groups in total. The van der Waals surface area contributed by atoms with Crippen LogP contribution in [0, 0.1) is 11.7 Å². The fraction of sp³-hybridized carbons (Fsp3) is 0.467. The van der Waals surface area contributed by atoms with Crippen molar-refractivity contribution in [2.75, 3.05) is 20.1 Å². The Morgan fingerprint density at radius 2 is 1.73 bits per heavy atom. The van der Waals surface area contributed by atoms with Gasteiger partial charge in [0, 0.05) is 32.6 Å². The molecule has 0 fully saturated rings. The van der Waals surface area contributed by atoms with Crippen LogP contribution in [-0.4, -0.2) is 32.0 Å². The monoisotopic (exact) mass is 422 g/mol. The number of halogens is 2. The van der Waals surface area contributed by atoms with Crippen LogP contribution in [0.15, 0.2) is 29.3 Å². The van der Waals surface area contributed by atoms with E-state index < -0.39 is 0 Å². The molecular weight excluding hydrogens is 398 g/mol. The summed E-state index contributed by atoms with van der Waals surface area (Å²) in [6.45, 7) is 5.38. The molecule has 0 aromatic heterocycles. The highest BCUT2D eigenvalue weighted by Gasteiger charge is 2.05. The highest BCUT2D eigenvalue weighted by molar-refractivity contribution is 14.0. The van der Waals surface area contributed by atoms with Gasteiger partial charge in [0.15, 0.2) is 5.96 Å². The second kappa shape index (κ2) is 11.2. The van der Waals surface area contributed by atoms with E-state index in [1.807, 2.05) is 13.8 Å². The molecule has 1 aromatic rings. The lowest BCUT2D eigenvalue weighted by atomic mass is 10.2. The van der Waals surface area contributed by atoms with Crippen LogP contribution in [0.1, 0.15) is 19.4 Å². The van der Waals surface area contributed by atoms with E-state index in [0.717, 1.165) is 5.56 Å². The van der Waals surface area contributed by atoms with E-state index in [1.54, 1.807) is 19.2 Å². The van der Waals surface area contributed by atoms with Gasteiger partial charge >= 0.3 is 0 Å². The fourth-order valence-electron chi connectivity index (χ4n) is 1.58. The molecule has 124 valence electrons. The third kappa shape index (κ3) is 8.16. The number of hydrogen-bond acceptors (Lipinski definition) is 2. The number of guanidine groups is 1. The number of nitrogens with one attached hydrogen (secondary N) is 3. The van der Waals surface area contributed by atoms with Gasteiger partial charge in [0.2, 0.25) is 5.91 Å². The average Bonchev–Trinajstić information content (AvgIpc) is 2.47. The fourth-order valence-corrected chi connectivity index (χ4v) is 1.58. The smallest absolute Gasteiger partial charge is 0.222 e. The van der Waals surface area contributed by atoms with Crippen LogP contribution in [0.25, 0.3) is 0 Å². The minimum absolute atomic E-state index is 0. The highest BCUT2D eigenvalue weighted by atomic mass is 127. The van der Waals surface area contributed by atoms with Crippen molar-refractivity contribution < 1.29 is 9.18 Å². The first-order chi connectivity index (χ1) is 10.0. The van der Waals surface area contributed by atoms with Gasteiger partial charge in [-0.05, 0) is 17.7 Å². The lowest BCUT2D eigenvalue weighted by Gasteiger charge is -2.13. The average molecular weight is 422 g/mol. The van der Waals surface area contributed by atoms with Crippen LogP contribution in [0.4, 0.5) is 4.39 Å². The lowest BCUT2D eigenvalue weighted by Crippen LogP contribution is -2.41. The molecule has 0 unspecified atom stereocenters. The maximum Gasteiger partial charge on any atom is 0.222 e. The number of aliphatic imine (C=N–C) groups is 1. The summed E-state index contributed by atoms with van der Waals surface area (Å²) in [5.41, 5.74) is 0.965. The first kappa shape index (κ1) is 20.6. The van der Waals surface area contributed by atoms with Crippen molar-refractivity contribution in [3.05, 3.63) is 35.6 Å². The molecule has 0 aliphatic rings. The Bertz CT molecular complexity index is 477. The molecule has 0 spiro atoms. The molecule has 5 nitrogen and oxygen atoms in total. The highest BCUT2D eigenvalue weighted by Crippen LogP contribution is 2.01. The molecule has 1 aromatic carbocycles. The minimum atomic E-state index is -0.248. The Kier molecular flexibility index (Phi) is 10.5. The van der Waals surface area contributed by atoms with Crippen molar-refractivity contribution in [1.82, 2.24) is 16.0 Å². The molecule has 0 saturated carbocycles. The van der Waals surface area contributed by atoms with Crippen LogP contribution >= 0.6 is 24.0 Å². The molecular formula is C15H24FIN4O. The topological polar surface area (TPSA) is 65.5 Å². The van der Waals surface area contributed by atoms with Gasteiger partial charge in [-0.15, -0.1) is 24.0 Å². The SMILES string of the molecule is CN=C(NCCNC(=O)C(C)C)NCc1ccc(F)cc1.I. The quantitative estimate of drug-likeness (QED) is 0.284. The third-order valence-electron chi connectivity index (χ3n) is 2.84. The summed E-state index contributed by atoms with van der Waals surface area (Å²) in [5.74, 6) is 0.409. The second-order valence-electron chi connectivity index (χ2n) is 4.92. The third-order valence-corrected chi connectivity index (χ3v) is 2.84. The number of carbonyl (C=O) groups is 1. The van der Waals surface area contributed by atoms with Crippen molar-refractivity contribution in [2.45, 2.75) is 20.4 Å². The summed E-state index contributed by atoms with van der Waals surface area (Å²) >= 11 is 0. The van der Waals surface area contributed by atoms with Gasteiger partial charge in [-0.2, -0.15) is 0 Å². The summed E-state index contributed by atoms with van der Waals surface area (Å²) < 4.78 is 12.8. The maximum absolute atomic E-state index is 12.8. The van der Waals surface area contributed by atoms with E-state index in [1.165, 1.54) is 12.1 Å². The number of nitrogens with zero attached hydrogens (tertiary/aromatic N) is 1. The first-order valence-corrected chi connectivity index (χ1v) is 6.99. The van der Waals surface area contributed by atoms with E-state index in [9.17, 15) is 9.18 Å². The molecule has 22 heavy (non-hydrogen) atoms. The van der Waals surface area contributed by atoms with Crippen molar-refractivity contribution in [3.8, 4) is 0 Å². The van der Waals surface area contributed by atoms with Crippen molar-refractivity contribution in [1.29, 1.82) is 0 Å². The van der Waals surface area contributed by atoms with Crippen LogP contribution in [0.5, 0.6) is 0 Å². The first-order valence-electron chi connectivity index (χ1n) is 6.99. The van der Waals surface area contributed by atoms with E-state index >= 15 is 0 Å². The minimum Gasteiger partial charge on any atom is -0.355 e. The summed E-state index contributed by atoms with van der Waals surface area (Å²) in [6.07, 6.45) is 0. The van der Waals surface area contributed by atoms with Gasteiger partial charge in [-0.1, -0.05) is 26.0 Å². The predicted molar refractivity (Wildman–Crippen MR) is 97.9 cm³/mol. The Balaban J connectivity index is 0.00000441. The molecule has 7 heteroatoms. The molecule has 0 bridgehead atoms. The number of benzene rings is 1. The van der Waals surface area contributed by atoms with Gasteiger partial charge in [-0.3, -0.25) is 9.79 Å². The molecule has 0 heterocycles. The zero-order valence-corrected chi connectivity index (χ0v) is 15.5. The van der Waals surface area contributed by atoms with Crippen molar-refractivity contribution in [2.24, 2.45) is 10.9 Å². The Morgan fingerprint density at radius 1 is 1.14 bits per heavy atom. The largest absolute Gasteiger partial charge is 0.355 e. The van der Waals surface area contributed by atoms with E-state index in [-0.39, 0.29) is 41.6 Å². The standard InChI is InChI=1S/C15H23FN4O.HI/c1-11(2)14(21)18-8-9-19-15(17-3)20-10-12-4-6-13(16)7-5-12;/h4-7,11H,8-10H2,1-3H3,(H,18,21)(H2,17,19,20);1H. The molecule has 0 atom stereocenters. The Labute approximate surface area is 148 Å². The summed E-state index contributed by atoms with van der Waals surface area (Å²) in [5, 5.41) is 9.03. The van der Waals surface area contributed by atoms with Crippen LogP contribution < -0.4 is 16.0 Å². The van der Waals surface area contributed by atoms with E-state index in [2.05, 4.69) is 20.9 Å². The molecule has 0 saturated heterocycles. The molecule has 0 aliphatic carbocycles. The zero-order valence-electron chi connectivity index (χ0n) is 13.1. The summed E-state index contributed by atoms with van der Waals surface area (Å²) in [6, 6.07) is 6.29. The predicted octanol–water partition coefficient (Wildman–Crippen LogP) is 1.88. The molecule has 1 amide bonds. The number of carbonyl (C=O) groups excluding carboxylic acids is 1. The van der Waals surface area contributed by atoms with Crippen LogP contribution in [0.3, 0.4) is 0 Å². The van der Waals surface area contributed by atoms with Gasteiger partial charge in [0.1, 0.15) is 5.82 Å². The lowest BCUT2D eigenvalue weighted by molar-refractivity contribution is -0.123. The van der Waals surface area contributed by atoms with E-state index in [0.29, 0.717) is 25.6 Å². The molecule has 1 rings (SSSR count). The Hall–Kier alpha value is -1.38. The molecule has 0 radical (unpaired) electrons. The number of amides is 1. The van der Waals surface area contributed by atoms with E-state index in [4.69, 9.17) is 0 Å². The van der Waals surface area contributed by atoms with Gasteiger partial charge in [0.05, 0.1) is 0 Å². The number of hydrogen-bond donors (Lipinski definition) is 3. The van der Waals surface area contributed by atoms with Crippen molar-refractivity contribution >= 4 is 35.8 Å². The van der Waals surface area contributed by atoms with Crippen LogP contribution in [-0.2, 0) is 11.3 Å². The molecule has 0 aliphatic heterocycles. The van der Waals surface area contributed by atoms with Gasteiger partial charge < -0.3 is 16.0 Å². The van der Waals surface area contributed by atoms with Gasteiger partial charge in [0.25, 0.3) is 0 Å². The normalized spacial score (nSPS) is 10.9. The van der Waals surface area contributed by atoms with Crippen molar-refractivity contribution in [3.63, 3.8) is 0 Å². The number of rotatable bonds is 6. The maximum atomic E-state index is 12.8. The Morgan fingerprint density at radius 3 is 2.27 bits per heavy atom. The summed E-state index contributed by atoms with van der Waals surface area (Å²) in [4.78, 5) is 15.5. The zero-order chi connectivity index (χ0) is 15.7. The van der Waals surface area contributed by atoms with Crippen LogP contribution in [0.2, 0.25) is 0 Å².